The van der Waals surface area contributed by atoms with Crippen LogP contribution in [-0.4, -0.2) is 9.97 Å². The fourth-order valence-corrected chi connectivity index (χ4v) is 1.59. The zero-order chi connectivity index (χ0) is 9.97. The Bertz CT molecular complexity index is 492. The average Bonchev–Trinajstić information content (AvgIpc) is 2.55. The number of hydrogen-bond acceptors (Lipinski definition) is 1. The SMILES string of the molecule is C=Cc1c(C=CC)[nH]c2ccncc12. The van der Waals surface area contributed by atoms with Crippen LogP contribution in [0.2, 0.25) is 0 Å². The molecule has 2 rings (SSSR count). The normalized spacial score (nSPS) is 11.2. The highest BCUT2D eigenvalue weighted by Crippen LogP contribution is 2.23. The molecule has 0 bridgehead atoms. The van der Waals surface area contributed by atoms with Crippen LogP contribution < -0.4 is 0 Å². The number of pyridine rings is 1. The number of nitrogens with zero attached hydrogens (tertiary/aromatic N) is 1. The van der Waals surface area contributed by atoms with E-state index < -0.39 is 0 Å². The largest absolute Gasteiger partial charge is 0.354 e. The first-order valence-electron chi connectivity index (χ1n) is 4.57. The minimum Gasteiger partial charge on any atom is -0.354 e. The lowest BCUT2D eigenvalue weighted by atomic mass is 10.1. The molecule has 0 radical (unpaired) electrons. The Hall–Kier alpha value is -1.83. The smallest absolute Gasteiger partial charge is 0.0495 e. The van der Waals surface area contributed by atoms with Crippen molar-refractivity contribution in [2.75, 3.05) is 0 Å². The van der Waals surface area contributed by atoms with E-state index in [2.05, 4.69) is 16.5 Å². The van der Waals surface area contributed by atoms with Gasteiger partial charge in [-0.3, -0.25) is 4.98 Å². The van der Waals surface area contributed by atoms with Gasteiger partial charge in [-0.1, -0.05) is 18.7 Å². The standard InChI is InChI=1S/C12H12N2/c1-3-5-11-9(4-2)10-8-13-7-6-12(10)14-11/h3-8,14H,2H2,1H3. The van der Waals surface area contributed by atoms with Crippen molar-refractivity contribution in [3.63, 3.8) is 0 Å². The second-order valence-corrected chi connectivity index (χ2v) is 3.08. The highest BCUT2D eigenvalue weighted by molar-refractivity contribution is 5.92. The van der Waals surface area contributed by atoms with Gasteiger partial charge in [-0.15, -0.1) is 0 Å². The summed E-state index contributed by atoms with van der Waals surface area (Å²) in [5.74, 6) is 0. The van der Waals surface area contributed by atoms with E-state index in [-0.39, 0.29) is 0 Å². The molecule has 0 aromatic carbocycles. The van der Waals surface area contributed by atoms with Crippen molar-refractivity contribution < 1.29 is 0 Å². The van der Waals surface area contributed by atoms with Crippen LogP contribution in [0, 0.1) is 0 Å². The van der Waals surface area contributed by atoms with E-state index in [1.54, 1.807) is 6.20 Å². The lowest BCUT2D eigenvalue weighted by Crippen LogP contribution is -1.74. The molecular formula is C12H12N2. The van der Waals surface area contributed by atoms with Crippen molar-refractivity contribution in [1.82, 2.24) is 9.97 Å². The Morgan fingerprint density at radius 3 is 3.07 bits per heavy atom. The summed E-state index contributed by atoms with van der Waals surface area (Å²) in [6.45, 7) is 5.81. The van der Waals surface area contributed by atoms with Crippen molar-refractivity contribution in [3.8, 4) is 0 Å². The quantitative estimate of drug-likeness (QED) is 0.762. The first-order valence-corrected chi connectivity index (χ1v) is 4.57. The number of hydrogen-bond donors (Lipinski definition) is 1. The first kappa shape index (κ1) is 8.75. The van der Waals surface area contributed by atoms with Gasteiger partial charge < -0.3 is 4.98 Å². The summed E-state index contributed by atoms with van der Waals surface area (Å²) in [7, 11) is 0. The molecule has 0 unspecified atom stereocenters. The van der Waals surface area contributed by atoms with Crippen LogP contribution >= 0.6 is 0 Å². The van der Waals surface area contributed by atoms with Crippen molar-refractivity contribution in [3.05, 3.63) is 42.4 Å². The van der Waals surface area contributed by atoms with Gasteiger partial charge in [0.25, 0.3) is 0 Å². The zero-order valence-corrected chi connectivity index (χ0v) is 8.12. The van der Waals surface area contributed by atoms with Crippen LogP contribution in [0.15, 0.2) is 31.1 Å². The zero-order valence-electron chi connectivity index (χ0n) is 8.12. The van der Waals surface area contributed by atoms with Crippen molar-refractivity contribution >= 4 is 23.1 Å². The molecule has 0 atom stereocenters. The predicted molar refractivity (Wildman–Crippen MR) is 60.9 cm³/mol. The van der Waals surface area contributed by atoms with Gasteiger partial charge in [0, 0.05) is 34.6 Å². The van der Waals surface area contributed by atoms with Crippen LogP contribution in [0.3, 0.4) is 0 Å². The Morgan fingerprint density at radius 2 is 2.36 bits per heavy atom. The van der Waals surface area contributed by atoms with Crippen molar-refractivity contribution in [2.45, 2.75) is 6.92 Å². The Labute approximate surface area is 83.0 Å². The predicted octanol–water partition coefficient (Wildman–Crippen LogP) is 3.24. The van der Waals surface area contributed by atoms with Crippen LogP contribution in [0.25, 0.3) is 23.1 Å². The molecule has 0 aliphatic heterocycles. The van der Waals surface area contributed by atoms with E-state index in [1.165, 1.54) is 0 Å². The van der Waals surface area contributed by atoms with E-state index in [0.717, 1.165) is 22.2 Å². The lowest BCUT2D eigenvalue weighted by Gasteiger charge is -1.90. The maximum atomic E-state index is 4.10. The topological polar surface area (TPSA) is 28.7 Å². The fraction of sp³-hybridized carbons (Fsp3) is 0.0833. The van der Waals surface area contributed by atoms with E-state index in [1.807, 2.05) is 37.4 Å². The van der Waals surface area contributed by atoms with Gasteiger partial charge in [-0.05, 0) is 19.1 Å². The van der Waals surface area contributed by atoms with Crippen LogP contribution in [-0.2, 0) is 0 Å². The maximum absolute atomic E-state index is 4.10. The number of rotatable bonds is 2. The minimum absolute atomic E-state index is 1.09. The molecular weight excluding hydrogens is 172 g/mol. The molecule has 0 saturated heterocycles. The minimum atomic E-state index is 1.09. The molecule has 0 aliphatic carbocycles. The first-order chi connectivity index (χ1) is 6.86. The van der Waals surface area contributed by atoms with E-state index in [9.17, 15) is 0 Å². The molecule has 70 valence electrons. The van der Waals surface area contributed by atoms with Crippen LogP contribution in [0.4, 0.5) is 0 Å². The third-order valence-corrected chi connectivity index (χ3v) is 2.21. The molecule has 2 aromatic rings. The Balaban J connectivity index is 2.78. The molecule has 2 nitrogen and oxygen atoms in total. The number of fused-ring (bicyclic) bond motifs is 1. The Morgan fingerprint density at radius 1 is 1.50 bits per heavy atom. The number of allylic oxidation sites excluding steroid dienone is 1. The van der Waals surface area contributed by atoms with Crippen LogP contribution in [0.5, 0.6) is 0 Å². The number of H-pyrrole nitrogens is 1. The summed E-state index contributed by atoms with van der Waals surface area (Å²) in [4.78, 5) is 7.42. The summed E-state index contributed by atoms with van der Waals surface area (Å²) in [5, 5.41) is 1.12. The van der Waals surface area contributed by atoms with E-state index in [0.29, 0.717) is 0 Å². The van der Waals surface area contributed by atoms with Gasteiger partial charge in [0.2, 0.25) is 0 Å². The van der Waals surface area contributed by atoms with Crippen LogP contribution in [0.1, 0.15) is 18.2 Å². The van der Waals surface area contributed by atoms with Crippen molar-refractivity contribution in [2.24, 2.45) is 0 Å². The average molecular weight is 184 g/mol. The van der Waals surface area contributed by atoms with Gasteiger partial charge in [0.15, 0.2) is 0 Å². The fourth-order valence-electron chi connectivity index (χ4n) is 1.59. The van der Waals surface area contributed by atoms with Gasteiger partial charge in [0.1, 0.15) is 0 Å². The lowest BCUT2D eigenvalue weighted by molar-refractivity contribution is 1.35. The number of aromatic nitrogens is 2. The number of nitrogens with one attached hydrogen (secondary N) is 1. The molecule has 0 spiro atoms. The molecule has 0 amide bonds. The van der Waals surface area contributed by atoms with Gasteiger partial charge in [-0.2, -0.15) is 0 Å². The van der Waals surface area contributed by atoms with Gasteiger partial charge in [-0.25, -0.2) is 0 Å². The molecule has 14 heavy (non-hydrogen) atoms. The summed E-state index contributed by atoms with van der Waals surface area (Å²) < 4.78 is 0. The second-order valence-electron chi connectivity index (χ2n) is 3.08. The highest BCUT2D eigenvalue weighted by Gasteiger charge is 2.05. The summed E-state index contributed by atoms with van der Waals surface area (Å²) in [6.07, 6.45) is 9.54. The van der Waals surface area contributed by atoms with Crippen molar-refractivity contribution in [1.29, 1.82) is 0 Å². The monoisotopic (exact) mass is 184 g/mol. The molecule has 2 heteroatoms. The number of aromatic amines is 1. The second kappa shape index (κ2) is 3.50. The molecule has 0 aliphatic rings. The highest BCUT2D eigenvalue weighted by atomic mass is 14.7. The summed E-state index contributed by atoms with van der Waals surface area (Å²) in [5.41, 5.74) is 3.31. The van der Waals surface area contributed by atoms with E-state index >= 15 is 0 Å². The molecule has 2 aromatic heterocycles. The van der Waals surface area contributed by atoms with E-state index in [4.69, 9.17) is 0 Å². The molecule has 0 saturated carbocycles. The third kappa shape index (κ3) is 1.25. The third-order valence-electron chi connectivity index (χ3n) is 2.21. The summed E-state index contributed by atoms with van der Waals surface area (Å²) in [6, 6.07) is 1.97. The molecule has 0 fully saturated rings. The van der Waals surface area contributed by atoms with Gasteiger partial charge >= 0.3 is 0 Å². The summed E-state index contributed by atoms with van der Waals surface area (Å²) >= 11 is 0. The van der Waals surface area contributed by atoms with Gasteiger partial charge in [0.05, 0.1) is 0 Å². The molecule has 1 N–H and O–H groups in total. The maximum Gasteiger partial charge on any atom is 0.0495 e. The Kier molecular flexibility index (Phi) is 2.19. The molecule has 2 heterocycles.